The van der Waals surface area contributed by atoms with E-state index in [1.165, 1.54) is 28.1 Å². The zero-order valence-corrected chi connectivity index (χ0v) is 16.0. The number of ether oxygens (including phenoxy) is 2. The first-order valence-corrected chi connectivity index (χ1v) is 8.48. The minimum Gasteiger partial charge on any atom is -0.592 e. The predicted octanol–water partition coefficient (Wildman–Crippen LogP) is 2.39. The van der Waals surface area contributed by atoms with Crippen LogP contribution in [0.15, 0.2) is 36.4 Å². The summed E-state index contributed by atoms with van der Waals surface area (Å²) in [6, 6.07) is 9.52. The molecular formula is C21H20NO6+. The van der Waals surface area contributed by atoms with Gasteiger partial charge in [0, 0.05) is 24.1 Å². The second-order valence-corrected chi connectivity index (χ2v) is 6.27. The second kappa shape index (κ2) is 7.19. The molecule has 7 nitrogen and oxygen atoms in total. The minimum absolute atomic E-state index is 0.0560. The molecule has 7 heteroatoms. The third-order valence-corrected chi connectivity index (χ3v) is 4.57. The molecule has 0 aromatic heterocycles. The van der Waals surface area contributed by atoms with Gasteiger partial charge in [-0.25, -0.2) is 4.90 Å². The number of rotatable bonds is 4. The van der Waals surface area contributed by atoms with Crippen LogP contribution in [0.5, 0.6) is 11.5 Å². The number of Topliss-reactive ketones (excluding diaryl/α,β-unsaturated/α-hetero) is 1. The van der Waals surface area contributed by atoms with Gasteiger partial charge in [-0.15, -0.1) is 0 Å². The van der Waals surface area contributed by atoms with E-state index in [9.17, 15) is 14.4 Å². The van der Waals surface area contributed by atoms with E-state index in [0.717, 1.165) is 4.90 Å². The fourth-order valence-electron chi connectivity index (χ4n) is 3.18. The number of anilines is 1. The van der Waals surface area contributed by atoms with Gasteiger partial charge in [-0.1, -0.05) is 0 Å². The van der Waals surface area contributed by atoms with Gasteiger partial charge < -0.3 is 14.6 Å². The normalized spacial score (nSPS) is 14.6. The molecule has 0 saturated heterocycles. The fraction of sp³-hybridized carbons (Fsp3) is 0.190. The van der Waals surface area contributed by atoms with Crippen LogP contribution in [0.4, 0.5) is 5.69 Å². The van der Waals surface area contributed by atoms with Gasteiger partial charge in [0.05, 0.1) is 25.5 Å². The van der Waals surface area contributed by atoms with Gasteiger partial charge in [-0.3, -0.25) is 14.4 Å². The summed E-state index contributed by atoms with van der Waals surface area (Å²) < 4.78 is 10.5. The van der Waals surface area contributed by atoms with Crippen molar-refractivity contribution >= 4 is 34.6 Å². The molecule has 0 unspecified atom stereocenters. The molecule has 0 spiro atoms. The molecule has 2 N–H and O–H groups in total. The van der Waals surface area contributed by atoms with Crippen molar-refractivity contribution in [3.63, 3.8) is 0 Å². The van der Waals surface area contributed by atoms with Crippen molar-refractivity contribution in [3.8, 4) is 11.5 Å². The number of ketones is 1. The first-order valence-electron chi connectivity index (χ1n) is 8.48. The summed E-state index contributed by atoms with van der Waals surface area (Å²) in [4.78, 5) is 37.8. The average Bonchev–Trinajstić information content (AvgIpc) is 2.97. The van der Waals surface area contributed by atoms with Crippen LogP contribution in [0.3, 0.4) is 0 Å². The van der Waals surface area contributed by atoms with Crippen LogP contribution >= 0.6 is 0 Å². The van der Waals surface area contributed by atoms with Crippen molar-refractivity contribution in [3.05, 3.63) is 53.1 Å². The molecule has 0 fully saturated rings. The number of hydrogen-bond acceptors (Lipinski definition) is 5. The van der Waals surface area contributed by atoms with Crippen LogP contribution in [0, 0.1) is 0 Å². The average molecular weight is 382 g/mol. The van der Waals surface area contributed by atoms with Gasteiger partial charge in [0.2, 0.25) is 5.91 Å². The highest BCUT2D eigenvalue weighted by Crippen LogP contribution is 2.41. The van der Waals surface area contributed by atoms with Crippen LogP contribution in [0.2, 0.25) is 0 Å². The standard InChI is InChI=1S/C21H19NO6/c1-11(23)13-5-7-16-15(9-13)19(21(26)22(16)12(2)24)20(25)14-6-8-17(27-3)18(10-14)28-4/h5-10,25H,1-4H3/p+1/b20-19-. The van der Waals surface area contributed by atoms with Crippen LogP contribution in [-0.4, -0.2) is 36.9 Å². The SMILES string of the molecule is COc1ccc(/C([OH2+])=C2/C(=O)N(C(C)=O)c3ccc(C(C)=O)cc32)cc1OC. The molecule has 3 rings (SSSR count). The molecule has 2 amide bonds. The van der Waals surface area contributed by atoms with Gasteiger partial charge >= 0.3 is 0 Å². The molecule has 1 heterocycles. The Kier molecular flexibility index (Phi) is 4.92. The quantitative estimate of drug-likeness (QED) is 0.350. The van der Waals surface area contributed by atoms with Crippen LogP contribution < -0.4 is 14.4 Å². The maximum absolute atomic E-state index is 13.0. The van der Waals surface area contributed by atoms with Gasteiger partial charge in [0.25, 0.3) is 11.7 Å². The predicted molar refractivity (Wildman–Crippen MR) is 105 cm³/mol. The van der Waals surface area contributed by atoms with Crippen LogP contribution in [0.1, 0.15) is 35.3 Å². The Hall–Kier alpha value is -3.61. The first kappa shape index (κ1) is 19.2. The molecule has 2 aromatic carbocycles. The van der Waals surface area contributed by atoms with E-state index >= 15 is 0 Å². The lowest BCUT2D eigenvalue weighted by atomic mass is 9.99. The molecule has 1 aliphatic rings. The number of imide groups is 1. The van der Waals surface area contributed by atoms with Crippen molar-refractivity contribution in [2.24, 2.45) is 0 Å². The zero-order chi connectivity index (χ0) is 20.6. The van der Waals surface area contributed by atoms with Crippen molar-refractivity contribution < 1.29 is 29.0 Å². The Morgan fingerprint density at radius 2 is 1.57 bits per heavy atom. The third-order valence-electron chi connectivity index (χ3n) is 4.57. The van der Waals surface area contributed by atoms with E-state index in [-0.39, 0.29) is 17.1 Å². The number of amides is 2. The topological polar surface area (TPSA) is 95.8 Å². The summed E-state index contributed by atoms with van der Waals surface area (Å²) in [5.74, 6) is -0.395. The highest BCUT2D eigenvalue weighted by molar-refractivity contribution is 6.42. The minimum atomic E-state index is -0.594. The number of carbonyl (C=O) groups is 3. The van der Waals surface area contributed by atoms with Crippen LogP contribution in [-0.2, 0) is 9.59 Å². The van der Waals surface area contributed by atoms with E-state index in [4.69, 9.17) is 14.6 Å². The van der Waals surface area contributed by atoms with Crippen LogP contribution in [0.25, 0.3) is 11.3 Å². The number of fused-ring (bicyclic) bond motifs is 1. The molecular weight excluding hydrogens is 362 g/mol. The van der Waals surface area contributed by atoms with E-state index in [0.29, 0.717) is 33.9 Å². The lowest BCUT2D eigenvalue weighted by Gasteiger charge is -2.12. The van der Waals surface area contributed by atoms with Gasteiger partial charge in [-0.2, -0.15) is 0 Å². The second-order valence-electron chi connectivity index (χ2n) is 6.27. The summed E-state index contributed by atoms with van der Waals surface area (Å²) in [5.41, 5.74) is 1.62. The monoisotopic (exact) mass is 382 g/mol. The Morgan fingerprint density at radius 3 is 2.14 bits per heavy atom. The van der Waals surface area contributed by atoms with E-state index in [1.807, 2.05) is 0 Å². The highest BCUT2D eigenvalue weighted by Gasteiger charge is 2.40. The molecule has 0 radical (unpaired) electrons. The lowest BCUT2D eigenvalue weighted by Crippen LogP contribution is -2.31. The molecule has 144 valence electrons. The first-order chi connectivity index (χ1) is 13.3. The maximum atomic E-state index is 13.0. The summed E-state index contributed by atoms with van der Waals surface area (Å²) in [7, 11) is 2.98. The smallest absolute Gasteiger partial charge is 0.275 e. The number of hydrogen-bond donors (Lipinski definition) is 0. The lowest BCUT2D eigenvalue weighted by molar-refractivity contribution is -0.122. The van der Waals surface area contributed by atoms with Crippen molar-refractivity contribution in [2.75, 3.05) is 19.1 Å². The number of benzene rings is 2. The molecule has 2 aromatic rings. The Morgan fingerprint density at radius 1 is 0.929 bits per heavy atom. The molecule has 28 heavy (non-hydrogen) atoms. The molecule has 0 saturated carbocycles. The van der Waals surface area contributed by atoms with E-state index < -0.39 is 11.8 Å². The van der Waals surface area contributed by atoms with Crippen molar-refractivity contribution in [1.82, 2.24) is 0 Å². The Labute approximate surface area is 161 Å². The summed E-state index contributed by atoms with van der Waals surface area (Å²) in [6.07, 6.45) is 0. The fourth-order valence-corrected chi connectivity index (χ4v) is 3.18. The molecule has 0 atom stereocenters. The molecule has 0 aliphatic carbocycles. The van der Waals surface area contributed by atoms with Gasteiger partial charge in [0.1, 0.15) is 5.57 Å². The van der Waals surface area contributed by atoms with E-state index in [1.54, 1.807) is 36.4 Å². The van der Waals surface area contributed by atoms with Gasteiger partial charge in [0.15, 0.2) is 17.3 Å². The summed E-state index contributed by atoms with van der Waals surface area (Å²) in [6.45, 7) is 2.70. The Bertz CT molecular complexity index is 1040. The zero-order valence-electron chi connectivity index (χ0n) is 16.0. The molecule has 1 aliphatic heterocycles. The molecule has 0 bridgehead atoms. The van der Waals surface area contributed by atoms with E-state index in [2.05, 4.69) is 0 Å². The Balaban J connectivity index is 2.26. The number of carbonyl (C=O) groups excluding carboxylic acids is 3. The number of methoxy groups -OCH3 is 2. The van der Waals surface area contributed by atoms with Gasteiger partial charge in [-0.05, 0) is 37.3 Å². The van der Waals surface area contributed by atoms with Crippen molar-refractivity contribution in [1.29, 1.82) is 0 Å². The highest BCUT2D eigenvalue weighted by atomic mass is 16.5. The summed E-state index contributed by atoms with van der Waals surface area (Å²) >= 11 is 0. The largest absolute Gasteiger partial charge is 0.592 e. The summed E-state index contributed by atoms with van der Waals surface area (Å²) in [5, 5.41) is 8.62. The maximum Gasteiger partial charge on any atom is 0.275 e. The number of nitrogens with zero attached hydrogens (tertiary/aromatic N) is 1. The third kappa shape index (κ3) is 3.00. The van der Waals surface area contributed by atoms with Crippen molar-refractivity contribution in [2.45, 2.75) is 13.8 Å².